The highest BCUT2D eigenvalue weighted by Gasteiger charge is 2.25. The van der Waals surface area contributed by atoms with Crippen molar-refractivity contribution in [1.82, 2.24) is 0 Å². The molecular weight excluding hydrogens is 653 g/mol. The van der Waals surface area contributed by atoms with Gasteiger partial charge in [0, 0.05) is 10.9 Å². The molecule has 54 heavy (non-hydrogen) atoms. The third-order valence-electron chi connectivity index (χ3n) is 11.8. The van der Waals surface area contributed by atoms with Crippen molar-refractivity contribution in [3.05, 3.63) is 167 Å². The zero-order valence-electron chi connectivity index (χ0n) is 32.0. The largest absolute Gasteiger partial charge is 0.456 e. The molecule has 1 nitrogen and oxygen atoms in total. The third kappa shape index (κ3) is 5.21. The summed E-state index contributed by atoms with van der Waals surface area (Å²) >= 11 is 0. The van der Waals surface area contributed by atoms with Crippen LogP contribution in [0.15, 0.2) is 144 Å². The lowest BCUT2D eigenvalue weighted by molar-refractivity contribution is 0.590. The molecule has 0 radical (unpaired) electrons. The van der Waals surface area contributed by atoms with Crippen molar-refractivity contribution in [1.29, 1.82) is 0 Å². The SMILES string of the molecule is CC(C)(C)c1cccc(-c2cc(C3=Cc4ccccc4C3)c3ccc4c(-c5cccc(C(C)(C)C)c5)cc(-c5cc6ccccc6o5)c5ccc2c3c45)c1. The molecule has 1 heterocycles. The molecule has 0 unspecified atom stereocenters. The highest BCUT2D eigenvalue weighted by atomic mass is 16.3. The van der Waals surface area contributed by atoms with Crippen molar-refractivity contribution in [2.45, 2.75) is 58.8 Å². The fraction of sp³-hybridized carbons (Fsp3) is 0.170. The van der Waals surface area contributed by atoms with Gasteiger partial charge in [0.2, 0.25) is 0 Å². The molecule has 0 saturated carbocycles. The molecule has 1 aromatic heterocycles. The Morgan fingerprint density at radius 1 is 0.463 bits per heavy atom. The van der Waals surface area contributed by atoms with Crippen LogP contribution >= 0.6 is 0 Å². The Kier molecular flexibility index (Phi) is 7.14. The minimum atomic E-state index is 0.0271. The van der Waals surface area contributed by atoms with Gasteiger partial charge in [0.15, 0.2) is 0 Å². The second-order valence-corrected chi connectivity index (χ2v) is 17.4. The van der Waals surface area contributed by atoms with Crippen LogP contribution in [0.4, 0.5) is 0 Å². The molecule has 1 aliphatic rings. The summed E-state index contributed by atoms with van der Waals surface area (Å²) in [5.41, 5.74) is 15.2. The molecule has 8 aromatic carbocycles. The molecule has 10 rings (SSSR count). The molecule has 0 amide bonds. The summed E-state index contributed by atoms with van der Waals surface area (Å²) in [4.78, 5) is 0. The van der Waals surface area contributed by atoms with Gasteiger partial charge < -0.3 is 4.42 Å². The number of rotatable bonds is 4. The smallest absolute Gasteiger partial charge is 0.136 e. The Hall–Kier alpha value is -5.92. The quantitative estimate of drug-likeness (QED) is 0.167. The summed E-state index contributed by atoms with van der Waals surface area (Å²) in [5.74, 6) is 0.898. The van der Waals surface area contributed by atoms with E-state index in [1.807, 2.05) is 0 Å². The molecule has 0 fully saturated rings. The average molecular weight is 697 g/mol. The van der Waals surface area contributed by atoms with E-state index in [-0.39, 0.29) is 10.8 Å². The van der Waals surface area contributed by atoms with Gasteiger partial charge in [0.25, 0.3) is 0 Å². The van der Waals surface area contributed by atoms with Crippen molar-refractivity contribution >= 4 is 54.9 Å². The predicted octanol–water partition coefficient (Wildman–Crippen LogP) is 15.0. The monoisotopic (exact) mass is 696 g/mol. The summed E-state index contributed by atoms with van der Waals surface area (Å²) in [6.45, 7) is 13.8. The van der Waals surface area contributed by atoms with E-state index in [1.165, 1.54) is 88.0 Å². The van der Waals surface area contributed by atoms with Crippen LogP contribution in [-0.2, 0) is 17.3 Å². The van der Waals surface area contributed by atoms with Gasteiger partial charge >= 0.3 is 0 Å². The zero-order chi connectivity index (χ0) is 36.9. The van der Waals surface area contributed by atoms with Crippen molar-refractivity contribution in [3.8, 4) is 33.6 Å². The van der Waals surface area contributed by atoms with Crippen molar-refractivity contribution in [2.75, 3.05) is 0 Å². The first-order valence-electron chi connectivity index (χ1n) is 19.3. The summed E-state index contributed by atoms with van der Waals surface area (Å²) in [5, 5.41) is 8.80. The van der Waals surface area contributed by atoms with E-state index in [2.05, 4.69) is 187 Å². The highest BCUT2D eigenvalue weighted by Crippen LogP contribution is 2.49. The van der Waals surface area contributed by atoms with Gasteiger partial charge in [-0.2, -0.15) is 0 Å². The molecule has 0 bridgehead atoms. The maximum atomic E-state index is 6.68. The highest BCUT2D eigenvalue weighted by molar-refractivity contribution is 6.31. The Morgan fingerprint density at radius 2 is 1.00 bits per heavy atom. The van der Waals surface area contributed by atoms with Crippen LogP contribution in [-0.4, -0.2) is 0 Å². The minimum Gasteiger partial charge on any atom is -0.456 e. The van der Waals surface area contributed by atoms with Crippen LogP contribution < -0.4 is 0 Å². The Morgan fingerprint density at radius 3 is 1.59 bits per heavy atom. The number of allylic oxidation sites excluding steroid dienone is 1. The van der Waals surface area contributed by atoms with E-state index in [4.69, 9.17) is 4.42 Å². The second-order valence-electron chi connectivity index (χ2n) is 17.4. The van der Waals surface area contributed by atoms with Crippen molar-refractivity contribution in [2.24, 2.45) is 0 Å². The third-order valence-corrected chi connectivity index (χ3v) is 11.8. The van der Waals surface area contributed by atoms with Crippen molar-refractivity contribution in [3.63, 3.8) is 0 Å². The molecular formula is C53H44O. The van der Waals surface area contributed by atoms with Gasteiger partial charge in [-0.1, -0.05) is 163 Å². The van der Waals surface area contributed by atoms with Gasteiger partial charge in [0.1, 0.15) is 11.3 Å². The molecule has 1 heteroatoms. The molecule has 9 aromatic rings. The number of hydrogen-bond acceptors (Lipinski definition) is 1. The van der Waals surface area contributed by atoms with Gasteiger partial charge in [-0.15, -0.1) is 0 Å². The zero-order valence-corrected chi connectivity index (χ0v) is 32.0. The minimum absolute atomic E-state index is 0.0271. The van der Waals surface area contributed by atoms with Gasteiger partial charge in [0.05, 0.1) is 0 Å². The van der Waals surface area contributed by atoms with E-state index in [0.717, 1.165) is 28.7 Å². The molecule has 0 N–H and O–H groups in total. The van der Waals surface area contributed by atoms with Crippen molar-refractivity contribution < 1.29 is 4.42 Å². The Bertz CT molecular complexity index is 2940. The lowest BCUT2D eigenvalue weighted by atomic mass is 9.80. The van der Waals surface area contributed by atoms with E-state index in [9.17, 15) is 0 Å². The second kappa shape index (κ2) is 11.8. The van der Waals surface area contributed by atoms with Crippen LogP contribution in [0.1, 0.15) is 69.4 Å². The fourth-order valence-corrected chi connectivity index (χ4v) is 8.81. The van der Waals surface area contributed by atoms with Crippen LogP contribution in [0, 0.1) is 0 Å². The number of benzene rings is 8. The van der Waals surface area contributed by atoms with E-state index in [0.29, 0.717) is 0 Å². The predicted molar refractivity (Wildman–Crippen MR) is 232 cm³/mol. The van der Waals surface area contributed by atoms with Crippen LogP contribution in [0.5, 0.6) is 0 Å². The average Bonchev–Trinajstić information content (AvgIpc) is 3.81. The first-order valence-corrected chi connectivity index (χ1v) is 19.3. The lowest BCUT2D eigenvalue weighted by Gasteiger charge is -2.23. The van der Waals surface area contributed by atoms with E-state index >= 15 is 0 Å². The number of para-hydroxylation sites is 1. The Balaban J connectivity index is 1.35. The molecule has 0 atom stereocenters. The standard InChI is InChI=1S/C53H44O/c1-52(2,3)38-18-11-16-34(27-38)44-30-46(37-25-32-13-7-8-14-33(32)26-37)42-22-21-41-45(35-17-12-19-39(28-35)53(4,5)6)31-47(43-24-23-40(44)50(42)51(41)43)49-29-36-15-9-10-20-48(36)54-49/h7-25,27-31H,26H2,1-6H3. The van der Waals surface area contributed by atoms with Gasteiger partial charge in [-0.05, 0) is 129 Å². The molecule has 0 saturated heterocycles. The summed E-state index contributed by atoms with van der Waals surface area (Å²) in [7, 11) is 0. The summed E-state index contributed by atoms with van der Waals surface area (Å²) in [6.07, 6.45) is 3.34. The number of hydrogen-bond donors (Lipinski definition) is 0. The maximum absolute atomic E-state index is 6.68. The van der Waals surface area contributed by atoms with Crippen LogP contribution in [0.25, 0.3) is 88.5 Å². The molecule has 262 valence electrons. The van der Waals surface area contributed by atoms with Crippen LogP contribution in [0.3, 0.4) is 0 Å². The maximum Gasteiger partial charge on any atom is 0.136 e. The summed E-state index contributed by atoms with van der Waals surface area (Å²) < 4.78 is 6.68. The molecule has 0 spiro atoms. The topological polar surface area (TPSA) is 13.1 Å². The first kappa shape index (κ1) is 32.7. The number of furan rings is 1. The van der Waals surface area contributed by atoms with Crippen LogP contribution in [0.2, 0.25) is 0 Å². The van der Waals surface area contributed by atoms with E-state index < -0.39 is 0 Å². The lowest BCUT2D eigenvalue weighted by Crippen LogP contribution is -2.10. The normalized spacial score (nSPS) is 13.4. The van der Waals surface area contributed by atoms with E-state index in [1.54, 1.807) is 0 Å². The first-order chi connectivity index (χ1) is 26.0. The number of fused-ring (bicyclic) bond motifs is 2. The summed E-state index contributed by atoms with van der Waals surface area (Å²) in [6, 6.07) is 52.2. The molecule has 0 aliphatic heterocycles. The fourth-order valence-electron chi connectivity index (χ4n) is 8.81. The van der Waals surface area contributed by atoms with Gasteiger partial charge in [-0.25, -0.2) is 0 Å². The Labute approximate surface area is 317 Å². The van der Waals surface area contributed by atoms with Gasteiger partial charge in [-0.3, -0.25) is 0 Å². The molecule has 1 aliphatic carbocycles.